The first-order valence-electron chi connectivity index (χ1n) is 3.93. The van der Waals surface area contributed by atoms with E-state index < -0.39 is 0 Å². The molecule has 0 atom stereocenters. The second kappa shape index (κ2) is 5.31. The van der Waals surface area contributed by atoms with Crippen LogP contribution in [-0.2, 0) is 0 Å². The Morgan fingerprint density at radius 1 is 1.58 bits per heavy atom. The maximum atomic E-state index is 8.57. The Bertz CT molecular complexity index is 252. The Morgan fingerprint density at radius 2 is 2.17 bits per heavy atom. The minimum absolute atomic E-state index is 0.346. The first-order chi connectivity index (χ1) is 5.65. The molecule has 64 valence electrons. The van der Waals surface area contributed by atoms with Gasteiger partial charge in [-0.25, -0.2) is 4.99 Å². The standard InChI is InChI=1S/C10H14N2/c1-5-9(7-11)12-10(6-2)8(3)4/h5-6,8H,1H2,2-4H3/b10-6-,12-9+. The lowest BCUT2D eigenvalue weighted by atomic mass is 10.1. The summed E-state index contributed by atoms with van der Waals surface area (Å²) in [6.07, 6.45) is 3.37. The molecule has 0 spiro atoms. The van der Waals surface area contributed by atoms with Crippen LogP contribution in [0, 0.1) is 17.2 Å². The van der Waals surface area contributed by atoms with Gasteiger partial charge in [0.1, 0.15) is 11.8 Å². The summed E-state index contributed by atoms with van der Waals surface area (Å²) < 4.78 is 0. The van der Waals surface area contributed by atoms with E-state index in [1.54, 1.807) is 0 Å². The van der Waals surface area contributed by atoms with Crippen molar-refractivity contribution in [3.05, 3.63) is 24.4 Å². The van der Waals surface area contributed by atoms with E-state index in [1.807, 2.05) is 32.9 Å². The minimum Gasteiger partial charge on any atom is -0.242 e. The van der Waals surface area contributed by atoms with E-state index >= 15 is 0 Å². The average molecular weight is 162 g/mol. The predicted molar refractivity (Wildman–Crippen MR) is 51.8 cm³/mol. The van der Waals surface area contributed by atoms with Gasteiger partial charge in [-0.15, -0.1) is 0 Å². The molecule has 0 aliphatic rings. The molecule has 0 saturated heterocycles. The number of nitrogens with zero attached hydrogens (tertiary/aromatic N) is 2. The van der Waals surface area contributed by atoms with Crippen molar-refractivity contribution in [1.82, 2.24) is 0 Å². The highest BCUT2D eigenvalue weighted by Crippen LogP contribution is 2.10. The Morgan fingerprint density at radius 3 is 2.42 bits per heavy atom. The maximum Gasteiger partial charge on any atom is 0.140 e. The fourth-order valence-corrected chi connectivity index (χ4v) is 0.782. The molecule has 2 nitrogen and oxygen atoms in total. The Labute approximate surface area is 73.9 Å². The van der Waals surface area contributed by atoms with Crippen LogP contribution in [0.15, 0.2) is 29.4 Å². The third-order valence-corrected chi connectivity index (χ3v) is 1.44. The number of allylic oxidation sites excluding steroid dienone is 3. The van der Waals surface area contributed by atoms with Crippen LogP contribution < -0.4 is 0 Å². The van der Waals surface area contributed by atoms with Gasteiger partial charge < -0.3 is 0 Å². The van der Waals surface area contributed by atoms with Gasteiger partial charge in [0.25, 0.3) is 0 Å². The van der Waals surface area contributed by atoms with Gasteiger partial charge in [-0.05, 0) is 18.9 Å². The van der Waals surface area contributed by atoms with Gasteiger partial charge in [-0.2, -0.15) is 5.26 Å². The van der Waals surface area contributed by atoms with E-state index in [2.05, 4.69) is 11.6 Å². The van der Waals surface area contributed by atoms with Crippen molar-refractivity contribution >= 4 is 5.71 Å². The topological polar surface area (TPSA) is 36.1 Å². The molecule has 0 fully saturated rings. The maximum absolute atomic E-state index is 8.57. The molecule has 0 unspecified atom stereocenters. The quantitative estimate of drug-likeness (QED) is 0.588. The monoisotopic (exact) mass is 162 g/mol. The molecule has 2 heteroatoms. The van der Waals surface area contributed by atoms with Crippen LogP contribution in [0.4, 0.5) is 0 Å². The molecule has 0 radical (unpaired) electrons. The van der Waals surface area contributed by atoms with E-state index in [0.29, 0.717) is 11.6 Å². The molecule has 0 bridgehead atoms. The highest BCUT2D eigenvalue weighted by Gasteiger charge is 2.00. The van der Waals surface area contributed by atoms with Crippen molar-refractivity contribution < 1.29 is 0 Å². The van der Waals surface area contributed by atoms with Crippen LogP contribution in [0.5, 0.6) is 0 Å². The number of nitriles is 1. The van der Waals surface area contributed by atoms with Crippen molar-refractivity contribution in [2.75, 3.05) is 0 Å². The Kier molecular flexibility index (Phi) is 4.71. The zero-order valence-corrected chi connectivity index (χ0v) is 7.83. The van der Waals surface area contributed by atoms with Crippen LogP contribution in [0.3, 0.4) is 0 Å². The van der Waals surface area contributed by atoms with Crippen molar-refractivity contribution in [3.63, 3.8) is 0 Å². The molecule has 0 aromatic rings. The summed E-state index contributed by atoms with van der Waals surface area (Å²) in [6, 6.07) is 1.96. The van der Waals surface area contributed by atoms with Gasteiger partial charge in [-0.3, -0.25) is 0 Å². The lowest BCUT2D eigenvalue weighted by molar-refractivity contribution is 0.756. The highest BCUT2D eigenvalue weighted by atomic mass is 14.8. The fourth-order valence-electron chi connectivity index (χ4n) is 0.782. The van der Waals surface area contributed by atoms with Crippen molar-refractivity contribution in [3.8, 4) is 6.07 Å². The molecular formula is C10H14N2. The van der Waals surface area contributed by atoms with Crippen LogP contribution in [0.2, 0.25) is 0 Å². The number of hydrogen-bond donors (Lipinski definition) is 0. The molecule has 0 saturated carbocycles. The van der Waals surface area contributed by atoms with Gasteiger partial charge >= 0.3 is 0 Å². The SMILES string of the molecule is C=C/C(C#N)=N\C(=C/C)C(C)C. The van der Waals surface area contributed by atoms with E-state index in [4.69, 9.17) is 5.26 Å². The molecule has 0 aromatic heterocycles. The van der Waals surface area contributed by atoms with Gasteiger partial charge in [-0.1, -0.05) is 26.5 Å². The van der Waals surface area contributed by atoms with Crippen molar-refractivity contribution in [2.24, 2.45) is 10.9 Å². The zero-order valence-electron chi connectivity index (χ0n) is 7.83. The van der Waals surface area contributed by atoms with Crippen LogP contribution in [-0.4, -0.2) is 5.71 Å². The van der Waals surface area contributed by atoms with E-state index in [9.17, 15) is 0 Å². The van der Waals surface area contributed by atoms with Gasteiger partial charge in [0.15, 0.2) is 0 Å². The molecule has 0 aromatic carbocycles. The molecule has 0 amide bonds. The van der Waals surface area contributed by atoms with Crippen LogP contribution >= 0.6 is 0 Å². The summed E-state index contributed by atoms with van der Waals surface area (Å²) in [5, 5.41) is 8.57. The Balaban J connectivity index is 4.71. The fraction of sp³-hybridized carbons (Fsp3) is 0.400. The van der Waals surface area contributed by atoms with Gasteiger partial charge in [0.05, 0.1) is 0 Å². The van der Waals surface area contributed by atoms with E-state index in [0.717, 1.165) is 5.70 Å². The first-order valence-corrected chi connectivity index (χ1v) is 3.93. The summed E-state index contributed by atoms with van der Waals surface area (Å²) in [5.41, 5.74) is 1.29. The number of aliphatic imine (C=N–C) groups is 1. The van der Waals surface area contributed by atoms with Gasteiger partial charge in [0.2, 0.25) is 0 Å². The third kappa shape index (κ3) is 3.16. The zero-order chi connectivity index (χ0) is 9.56. The number of rotatable bonds is 3. The smallest absolute Gasteiger partial charge is 0.140 e. The molecule has 12 heavy (non-hydrogen) atoms. The summed E-state index contributed by atoms with van der Waals surface area (Å²) in [7, 11) is 0. The third-order valence-electron chi connectivity index (χ3n) is 1.44. The highest BCUT2D eigenvalue weighted by molar-refractivity contribution is 6.07. The van der Waals surface area contributed by atoms with E-state index in [-0.39, 0.29) is 0 Å². The molecule has 0 N–H and O–H groups in total. The van der Waals surface area contributed by atoms with Gasteiger partial charge in [0, 0.05) is 5.70 Å². The first kappa shape index (κ1) is 10.6. The summed E-state index contributed by atoms with van der Waals surface area (Å²) >= 11 is 0. The van der Waals surface area contributed by atoms with Crippen LogP contribution in [0.25, 0.3) is 0 Å². The number of hydrogen-bond acceptors (Lipinski definition) is 2. The normalized spacial score (nSPS) is 12.9. The average Bonchev–Trinajstić information content (AvgIpc) is 2.06. The second-order valence-electron chi connectivity index (χ2n) is 2.68. The lowest BCUT2D eigenvalue weighted by Gasteiger charge is -2.03. The predicted octanol–water partition coefficient (Wildman–Crippen LogP) is 2.70. The minimum atomic E-state index is 0.346. The lowest BCUT2D eigenvalue weighted by Crippen LogP contribution is -1.95. The van der Waals surface area contributed by atoms with E-state index in [1.165, 1.54) is 6.08 Å². The summed E-state index contributed by atoms with van der Waals surface area (Å²) in [6.45, 7) is 9.49. The molecule has 0 rings (SSSR count). The molecule has 0 aliphatic heterocycles. The van der Waals surface area contributed by atoms with Crippen molar-refractivity contribution in [2.45, 2.75) is 20.8 Å². The second-order valence-corrected chi connectivity index (χ2v) is 2.68. The summed E-state index contributed by atoms with van der Waals surface area (Å²) in [5.74, 6) is 0.346. The summed E-state index contributed by atoms with van der Waals surface area (Å²) in [4.78, 5) is 4.13. The Hall–Kier alpha value is -1.36. The molecule has 0 aliphatic carbocycles. The largest absolute Gasteiger partial charge is 0.242 e. The van der Waals surface area contributed by atoms with Crippen molar-refractivity contribution in [1.29, 1.82) is 5.26 Å². The molecule has 0 heterocycles. The molecular weight excluding hydrogens is 148 g/mol. The van der Waals surface area contributed by atoms with Crippen LogP contribution in [0.1, 0.15) is 20.8 Å².